The molecule has 7 heteroatoms. The number of nitrogens with zero attached hydrogens (tertiary/aromatic N) is 1. The van der Waals surface area contributed by atoms with Gasteiger partial charge in [0.15, 0.2) is 18.1 Å². The minimum Gasteiger partial charge on any atom is -0.477 e. The van der Waals surface area contributed by atoms with Crippen molar-refractivity contribution in [2.24, 2.45) is 0 Å². The molecule has 0 aliphatic heterocycles. The Morgan fingerprint density at radius 1 is 0.488 bits per heavy atom. The molecule has 240 valence electrons. The van der Waals surface area contributed by atoms with Gasteiger partial charge in [-0.1, -0.05) is 123 Å². The van der Waals surface area contributed by atoms with Crippen LogP contribution in [0.4, 0.5) is 0 Å². The highest BCUT2D eigenvalue weighted by molar-refractivity contribution is 5.78. The third-order valence-electron chi connectivity index (χ3n) is 8.81. The van der Waals surface area contributed by atoms with Gasteiger partial charge in [0.2, 0.25) is 0 Å². The number of allylic oxidation sites excluding steroid dienone is 2. The lowest BCUT2D eigenvalue weighted by molar-refractivity contribution is -0.973. The quantitative estimate of drug-likeness (QED) is 0.0461. The number of rotatable bonds is 29. The molecule has 0 aliphatic carbocycles. The summed E-state index contributed by atoms with van der Waals surface area (Å²) in [5.41, 5.74) is 0. The second-order valence-corrected chi connectivity index (χ2v) is 11.9. The second kappa shape index (κ2) is 24.7. The summed E-state index contributed by atoms with van der Waals surface area (Å²) in [7, 11) is 0. The molecule has 0 aromatic carbocycles. The summed E-state index contributed by atoms with van der Waals surface area (Å²) in [6.07, 6.45) is 27.1. The van der Waals surface area contributed by atoms with Crippen LogP contribution in [-0.4, -0.2) is 62.4 Å². The molecule has 0 aromatic heterocycles. The van der Waals surface area contributed by atoms with E-state index >= 15 is 0 Å². The number of hydrogen-bond acceptors (Lipinski definition) is 3. The van der Waals surface area contributed by atoms with Crippen LogP contribution in [-0.2, 0) is 14.4 Å². The molecule has 7 nitrogen and oxygen atoms in total. The molecule has 0 heterocycles. The number of aliphatic carboxylic acids is 3. The van der Waals surface area contributed by atoms with Crippen molar-refractivity contribution in [2.75, 3.05) is 6.54 Å². The molecule has 0 bridgehead atoms. The van der Waals surface area contributed by atoms with Gasteiger partial charge in [0.25, 0.3) is 0 Å². The predicted molar refractivity (Wildman–Crippen MR) is 168 cm³/mol. The van der Waals surface area contributed by atoms with Crippen LogP contribution < -0.4 is 0 Å². The zero-order chi connectivity index (χ0) is 30.9. The molecule has 0 spiro atoms. The molecule has 0 amide bonds. The molecule has 0 aromatic rings. The maximum Gasteiger partial charge on any atom is 0.362 e. The fourth-order valence-corrected chi connectivity index (χ4v) is 6.62. The molecule has 41 heavy (non-hydrogen) atoms. The fraction of sp³-hybridized carbons (Fsp3) is 0.853. The molecule has 0 radical (unpaired) electrons. The summed E-state index contributed by atoms with van der Waals surface area (Å²) in [6.45, 7) is 7.60. The van der Waals surface area contributed by atoms with Crippen LogP contribution in [0.3, 0.4) is 0 Å². The van der Waals surface area contributed by atoms with E-state index in [1.807, 2.05) is 0 Å². The van der Waals surface area contributed by atoms with Crippen LogP contribution >= 0.6 is 0 Å². The number of quaternary nitrogens is 1. The fourth-order valence-electron chi connectivity index (χ4n) is 6.62. The molecular weight excluding hydrogens is 518 g/mol. The summed E-state index contributed by atoms with van der Waals surface area (Å²) >= 11 is 0. The van der Waals surface area contributed by atoms with Gasteiger partial charge in [-0.25, -0.2) is 14.4 Å². The topological polar surface area (TPSA) is 112 Å². The van der Waals surface area contributed by atoms with E-state index in [0.29, 0.717) is 6.42 Å². The van der Waals surface area contributed by atoms with E-state index < -0.39 is 40.5 Å². The van der Waals surface area contributed by atoms with Crippen molar-refractivity contribution in [2.45, 2.75) is 181 Å². The lowest BCUT2D eigenvalue weighted by Gasteiger charge is -2.49. The summed E-state index contributed by atoms with van der Waals surface area (Å²) in [5.74, 6) is -3.38. The van der Waals surface area contributed by atoms with E-state index in [1.165, 1.54) is 89.9 Å². The molecule has 0 saturated carbocycles. The van der Waals surface area contributed by atoms with Gasteiger partial charge in [-0.2, -0.15) is 0 Å². The van der Waals surface area contributed by atoms with Gasteiger partial charge < -0.3 is 15.3 Å². The number of carboxylic acid groups (broad SMARTS) is 3. The van der Waals surface area contributed by atoms with Gasteiger partial charge in [0.1, 0.15) is 0 Å². The van der Waals surface area contributed by atoms with Crippen molar-refractivity contribution in [3.8, 4) is 0 Å². The first-order chi connectivity index (χ1) is 19.7. The third kappa shape index (κ3) is 15.2. The predicted octanol–water partition coefficient (Wildman–Crippen LogP) is 8.99. The van der Waals surface area contributed by atoms with Crippen LogP contribution in [0, 0.1) is 0 Å². The minimum atomic E-state index is -1.13. The van der Waals surface area contributed by atoms with Crippen molar-refractivity contribution in [3.63, 3.8) is 0 Å². The van der Waals surface area contributed by atoms with E-state index in [0.717, 1.165) is 19.3 Å². The lowest BCUT2D eigenvalue weighted by atomic mass is 9.94. The van der Waals surface area contributed by atoms with Crippen LogP contribution in [0.25, 0.3) is 0 Å². The smallest absolute Gasteiger partial charge is 0.362 e. The maximum absolute atomic E-state index is 12.3. The second-order valence-electron chi connectivity index (χ2n) is 11.9. The van der Waals surface area contributed by atoms with Crippen molar-refractivity contribution in [1.82, 2.24) is 0 Å². The highest BCUT2D eigenvalue weighted by atomic mass is 16.4. The standard InChI is InChI=1S/C34H63NO6/c1-5-9-10-11-12-13-14-15-16-17-18-19-20-21-22-23-24-25-26-27-28-35(29(6-2)32(36)37,30(7-3)33(38)39)31(8-4)34(40)41/h23-24,29-31H,5-22,25-28H2,1-4H3,(H2-,36,37,38,39,40,41)/p+1/b24-23+. The highest BCUT2D eigenvalue weighted by Gasteiger charge is 2.55. The zero-order valence-corrected chi connectivity index (χ0v) is 27.0. The Labute approximate surface area is 251 Å². The Morgan fingerprint density at radius 2 is 0.780 bits per heavy atom. The Hall–Kier alpha value is -1.89. The Balaban J connectivity index is 4.49. The molecule has 0 fully saturated rings. The van der Waals surface area contributed by atoms with Gasteiger partial charge in [0.05, 0.1) is 6.54 Å². The summed E-state index contributed by atoms with van der Waals surface area (Å²) in [5, 5.41) is 30.0. The van der Waals surface area contributed by atoms with Gasteiger partial charge in [-0.15, -0.1) is 0 Å². The Kier molecular flexibility index (Phi) is 23.5. The maximum atomic E-state index is 12.3. The average Bonchev–Trinajstić information content (AvgIpc) is 2.92. The van der Waals surface area contributed by atoms with Crippen molar-refractivity contribution >= 4 is 17.9 Å². The molecule has 0 saturated heterocycles. The van der Waals surface area contributed by atoms with Crippen molar-refractivity contribution in [1.29, 1.82) is 0 Å². The van der Waals surface area contributed by atoms with E-state index in [1.54, 1.807) is 20.8 Å². The number of hydrogen-bond donors (Lipinski definition) is 3. The zero-order valence-electron chi connectivity index (χ0n) is 27.0. The van der Waals surface area contributed by atoms with E-state index in [-0.39, 0.29) is 25.8 Å². The Bertz CT molecular complexity index is 667. The van der Waals surface area contributed by atoms with Crippen LogP contribution in [0.1, 0.15) is 163 Å². The first kappa shape index (κ1) is 39.1. The van der Waals surface area contributed by atoms with Crippen LogP contribution in [0.2, 0.25) is 0 Å². The van der Waals surface area contributed by atoms with Gasteiger partial charge >= 0.3 is 17.9 Å². The minimum absolute atomic E-state index is 0.183. The number of unbranched alkanes of at least 4 members (excludes halogenated alkanes) is 16. The molecule has 3 N–H and O–H groups in total. The highest BCUT2D eigenvalue weighted by Crippen LogP contribution is 2.32. The SMILES string of the molecule is CCCCCCCCCCCCCCCC/C=C/CCCC[N+](C(CC)C(=O)O)(C(CC)C(=O)O)C(CC)C(=O)O. The number of carboxylic acids is 3. The monoisotopic (exact) mass is 582 g/mol. The molecule has 0 aliphatic rings. The van der Waals surface area contributed by atoms with E-state index in [9.17, 15) is 29.7 Å². The first-order valence-corrected chi connectivity index (χ1v) is 16.9. The average molecular weight is 583 g/mol. The van der Waals surface area contributed by atoms with Crippen molar-refractivity contribution < 1.29 is 34.2 Å². The van der Waals surface area contributed by atoms with Gasteiger partial charge in [0, 0.05) is 19.3 Å². The molecule has 3 unspecified atom stereocenters. The molecule has 0 rings (SSSR count). The summed E-state index contributed by atoms with van der Waals surface area (Å²) in [6, 6.07) is -3.23. The van der Waals surface area contributed by atoms with Gasteiger partial charge in [-0.05, 0) is 32.1 Å². The largest absolute Gasteiger partial charge is 0.477 e. The van der Waals surface area contributed by atoms with E-state index in [2.05, 4.69) is 19.1 Å². The normalized spacial score (nSPS) is 15.4. The van der Waals surface area contributed by atoms with Crippen LogP contribution in [0.15, 0.2) is 12.2 Å². The van der Waals surface area contributed by atoms with Crippen LogP contribution in [0.5, 0.6) is 0 Å². The first-order valence-electron chi connectivity index (χ1n) is 16.9. The molecular formula is C34H64NO6+. The number of carbonyl (C=O) groups is 3. The van der Waals surface area contributed by atoms with E-state index in [4.69, 9.17) is 0 Å². The van der Waals surface area contributed by atoms with Gasteiger partial charge in [-0.3, -0.25) is 4.48 Å². The van der Waals surface area contributed by atoms with Crippen molar-refractivity contribution in [3.05, 3.63) is 12.2 Å². The molecule has 3 atom stereocenters. The third-order valence-corrected chi connectivity index (χ3v) is 8.81. The lowest BCUT2D eigenvalue weighted by Crippen LogP contribution is -2.72. The Morgan fingerprint density at radius 3 is 1.07 bits per heavy atom. The summed E-state index contributed by atoms with van der Waals surface area (Å²) < 4.78 is -0.424. The summed E-state index contributed by atoms with van der Waals surface area (Å²) in [4.78, 5) is 36.8.